The lowest BCUT2D eigenvalue weighted by Crippen LogP contribution is -2.15. The van der Waals surface area contributed by atoms with Gasteiger partial charge in [-0.25, -0.2) is 0 Å². The first-order valence-corrected chi connectivity index (χ1v) is 4.28. The van der Waals surface area contributed by atoms with Crippen LogP contribution in [-0.2, 0) is 4.79 Å². The van der Waals surface area contributed by atoms with Gasteiger partial charge in [-0.15, -0.1) is 0 Å². The van der Waals surface area contributed by atoms with E-state index < -0.39 is 12.0 Å². The van der Waals surface area contributed by atoms with Crippen LogP contribution in [0.4, 0.5) is 0 Å². The number of para-hydroxylation sites is 1. The molecule has 1 atom stereocenters. The average molecular weight is 195 g/mol. The predicted octanol–water partition coefficient (Wildman–Crippen LogP) is 1.18. The van der Waals surface area contributed by atoms with E-state index >= 15 is 0 Å². The number of carboxylic acid groups (broad SMARTS) is 1. The van der Waals surface area contributed by atoms with Gasteiger partial charge >= 0.3 is 5.97 Å². The Kier molecular flexibility index (Phi) is 3.09. The molecule has 4 nitrogen and oxygen atoms in total. The van der Waals surface area contributed by atoms with E-state index in [1.165, 1.54) is 0 Å². The van der Waals surface area contributed by atoms with Crippen molar-refractivity contribution in [1.82, 2.24) is 0 Å². The summed E-state index contributed by atoms with van der Waals surface area (Å²) >= 11 is 0. The number of phenolic OH excluding ortho intramolecular Hbond substituents is 1. The number of aryl methyl sites for hydroxylation is 1. The fourth-order valence-corrected chi connectivity index (χ4v) is 1.28. The lowest BCUT2D eigenvalue weighted by atomic mass is 10.0. The van der Waals surface area contributed by atoms with Gasteiger partial charge in [-0.05, 0) is 12.5 Å². The number of nitrogens with two attached hydrogens (primary N) is 1. The molecule has 4 heteroatoms. The van der Waals surface area contributed by atoms with E-state index in [2.05, 4.69) is 0 Å². The number of carbonyl (C=O) groups is 1. The lowest BCUT2D eigenvalue weighted by molar-refractivity contribution is -0.137. The minimum absolute atomic E-state index is 0.0845. The highest BCUT2D eigenvalue weighted by Crippen LogP contribution is 2.27. The summed E-state index contributed by atoms with van der Waals surface area (Å²) in [4.78, 5) is 10.4. The van der Waals surface area contributed by atoms with E-state index in [9.17, 15) is 9.90 Å². The van der Waals surface area contributed by atoms with Crippen LogP contribution in [0.25, 0.3) is 0 Å². The van der Waals surface area contributed by atoms with E-state index in [1.807, 2.05) is 0 Å². The van der Waals surface area contributed by atoms with Gasteiger partial charge in [-0.2, -0.15) is 0 Å². The number of benzene rings is 1. The van der Waals surface area contributed by atoms with Crippen LogP contribution in [0.5, 0.6) is 5.75 Å². The van der Waals surface area contributed by atoms with Crippen molar-refractivity contribution in [1.29, 1.82) is 0 Å². The molecule has 0 amide bonds. The summed E-state index contributed by atoms with van der Waals surface area (Å²) in [6.07, 6.45) is -0.184. The van der Waals surface area contributed by atoms with E-state index in [-0.39, 0.29) is 12.2 Å². The van der Waals surface area contributed by atoms with Crippen molar-refractivity contribution < 1.29 is 15.0 Å². The van der Waals surface area contributed by atoms with Crippen LogP contribution in [0.15, 0.2) is 18.2 Å². The van der Waals surface area contributed by atoms with Crippen molar-refractivity contribution in [3.8, 4) is 5.75 Å². The van der Waals surface area contributed by atoms with Crippen LogP contribution >= 0.6 is 0 Å². The van der Waals surface area contributed by atoms with Crippen molar-refractivity contribution >= 4 is 5.97 Å². The van der Waals surface area contributed by atoms with Gasteiger partial charge in [0.15, 0.2) is 0 Å². The molecule has 0 saturated carbocycles. The molecule has 0 aromatic heterocycles. The maximum Gasteiger partial charge on any atom is 0.305 e. The summed E-state index contributed by atoms with van der Waals surface area (Å²) in [7, 11) is 0. The van der Waals surface area contributed by atoms with Crippen LogP contribution in [0.3, 0.4) is 0 Å². The van der Waals surface area contributed by atoms with Crippen LogP contribution in [0.1, 0.15) is 23.6 Å². The van der Waals surface area contributed by atoms with Crippen LogP contribution in [-0.4, -0.2) is 16.2 Å². The summed E-state index contributed by atoms with van der Waals surface area (Å²) < 4.78 is 0. The average Bonchev–Trinajstić information content (AvgIpc) is 2.08. The van der Waals surface area contributed by atoms with Crippen LogP contribution < -0.4 is 5.73 Å². The maximum absolute atomic E-state index is 10.4. The molecule has 76 valence electrons. The zero-order valence-electron chi connectivity index (χ0n) is 7.90. The number of hydrogen-bond donors (Lipinski definition) is 3. The second kappa shape index (κ2) is 4.11. The highest BCUT2D eigenvalue weighted by molar-refractivity contribution is 5.68. The number of aromatic hydroxyl groups is 1. The molecule has 0 aliphatic carbocycles. The molecule has 0 spiro atoms. The van der Waals surface area contributed by atoms with Gasteiger partial charge in [-0.1, -0.05) is 18.2 Å². The number of rotatable bonds is 3. The van der Waals surface area contributed by atoms with Gasteiger partial charge in [0.25, 0.3) is 0 Å². The first kappa shape index (κ1) is 10.5. The Morgan fingerprint density at radius 1 is 1.57 bits per heavy atom. The molecule has 0 heterocycles. The summed E-state index contributed by atoms with van der Waals surface area (Å²) in [6, 6.07) is 4.46. The minimum Gasteiger partial charge on any atom is -0.507 e. The van der Waals surface area contributed by atoms with Crippen molar-refractivity contribution in [2.45, 2.75) is 19.4 Å². The molecule has 0 aliphatic heterocycles. The normalized spacial score (nSPS) is 12.4. The van der Waals surface area contributed by atoms with E-state index in [0.717, 1.165) is 0 Å². The lowest BCUT2D eigenvalue weighted by Gasteiger charge is -2.12. The topological polar surface area (TPSA) is 83.6 Å². The molecule has 0 bridgehead atoms. The van der Waals surface area contributed by atoms with Gasteiger partial charge < -0.3 is 15.9 Å². The molecule has 0 radical (unpaired) electrons. The summed E-state index contributed by atoms with van der Waals surface area (Å²) in [5, 5.41) is 18.2. The second-order valence-corrected chi connectivity index (χ2v) is 3.22. The first-order valence-electron chi connectivity index (χ1n) is 4.28. The Bertz CT molecular complexity index is 349. The van der Waals surface area contributed by atoms with E-state index in [1.54, 1.807) is 25.1 Å². The van der Waals surface area contributed by atoms with Crippen molar-refractivity contribution in [2.75, 3.05) is 0 Å². The third-order valence-corrected chi connectivity index (χ3v) is 2.06. The minimum atomic E-state index is -0.974. The molecule has 14 heavy (non-hydrogen) atoms. The molecule has 4 N–H and O–H groups in total. The summed E-state index contributed by atoms with van der Waals surface area (Å²) in [5.74, 6) is -0.889. The molecular formula is C10H13NO3. The number of carboxylic acids is 1. The molecule has 0 fully saturated rings. The maximum atomic E-state index is 10.4. The quantitative estimate of drug-likeness (QED) is 0.676. The third-order valence-electron chi connectivity index (χ3n) is 2.06. The Morgan fingerprint density at radius 2 is 2.21 bits per heavy atom. The monoisotopic (exact) mass is 195 g/mol. The molecule has 1 aromatic rings. The van der Waals surface area contributed by atoms with Crippen molar-refractivity contribution in [2.24, 2.45) is 5.73 Å². The van der Waals surface area contributed by atoms with Gasteiger partial charge in [-0.3, -0.25) is 4.79 Å². The number of hydrogen-bond acceptors (Lipinski definition) is 3. The molecule has 0 saturated heterocycles. The highest BCUT2D eigenvalue weighted by atomic mass is 16.4. The van der Waals surface area contributed by atoms with Gasteiger partial charge in [0.2, 0.25) is 0 Å². The molecular weight excluding hydrogens is 182 g/mol. The predicted molar refractivity (Wildman–Crippen MR) is 52.0 cm³/mol. The van der Waals surface area contributed by atoms with E-state index in [4.69, 9.17) is 10.8 Å². The Balaban J connectivity index is 2.95. The van der Waals surface area contributed by atoms with Gasteiger partial charge in [0, 0.05) is 11.6 Å². The van der Waals surface area contributed by atoms with Crippen LogP contribution in [0, 0.1) is 6.92 Å². The summed E-state index contributed by atoms with van der Waals surface area (Å²) in [5.41, 5.74) is 6.80. The fraction of sp³-hybridized carbons (Fsp3) is 0.300. The smallest absolute Gasteiger partial charge is 0.305 e. The van der Waals surface area contributed by atoms with Crippen LogP contribution in [0.2, 0.25) is 0 Å². The number of aliphatic carboxylic acids is 1. The van der Waals surface area contributed by atoms with Crippen molar-refractivity contribution in [3.05, 3.63) is 29.3 Å². The zero-order valence-corrected chi connectivity index (χ0v) is 7.90. The zero-order chi connectivity index (χ0) is 10.7. The molecule has 0 aliphatic rings. The Labute approximate surface area is 82.0 Å². The molecule has 1 aromatic carbocycles. The fourth-order valence-electron chi connectivity index (χ4n) is 1.28. The molecule has 0 unspecified atom stereocenters. The molecule has 1 rings (SSSR count). The Hall–Kier alpha value is -1.55. The van der Waals surface area contributed by atoms with Gasteiger partial charge in [0.05, 0.1) is 6.42 Å². The summed E-state index contributed by atoms with van der Waals surface area (Å²) in [6.45, 7) is 1.74. The van der Waals surface area contributed by atoms with Crippen molar-refractivity contribution in [3.63, 3.8) is 0 Å². The Morgan fingerprint density at radius 3 is 2.79 bits per heavy atom. The largest absolute Gasteiger partial charge is 0.507 e. The third kappa shape index (κ3) is 2.23. The second-order valence-electron chi connectivity index (χ2n) is 3.22. The highest BCUT2D eigenvalue weighted by Gasteiger charge is 2.14. The standard InChI is InChI=1S/C10H13NO3/c1-6-3-2-4-7(10(6)14)8(11)5-9(12)13/h2-4,8,14H,5,11H2,1H3,(H,12,13)/t8-/m1/s1. The first-order chi connectivity index (χ1) is 6.52. The van der Waals surface area contributed by atoms with E-state index in [0.29, 0.717) is 11.1 Å². The SMILES string of the molecule is Cc1cccc([C@H](N)CC(=O)O)c1O. The van der Waals surface area contributed by atoms with Gasteiger partial charge in [0.1, 0.15) is 5.75 Å². The number of phenols is 1.